The highest BCUT2D eigenvalue weighted by Crippen LogP contribution is 2.39. The van der Waals surface area contributed by atoms with Crippen LogP contribution in [0.3, 0.4) is 0 Å². The zero-order chi connectivity index (χ0) is 36.7. The fourth-order valence-corrected chi connectivity index (χ4v) is 8.29. The quantitative estimate of drug-likeness (QED) is 0.162. The van der Waals surface area contributed by atoms with Crippen molar-refractivity contribution in [2.45, 2.75) is 25.7 Å². The highest BCUT2D eigenvalue weighted by atomic mass is 14.9. The molecule has 0 amide bonds. The van der Waals surface area contributed by atoms with Gasteiger partial charge in [0, 0.05) is 29.4 Å². The van der Waals surface area contributed by atoms with E-state index in [0.717, 1.165) is 46.7 Å². The van der Waals surface area contributed by atoms with Crippen molar-refractivity contribution in [1.29, 1.82) is 0 Å². The first kappa shape index (κ1) is 32.9. The molecule has 55 heavy (non-hydrogen) atoms. The molecule has 0 saturated heterocycles. The number of hydrogen-bond donors (Lipinski definition) is 0. The van der Waals surface area contributed by atoms with Gasteiger partial charge in [-0.2, -0.15) is 0 Å². The number of nitrogens with zero attached hydrogens (tertiary/aromatic N) is 3. The molecule has 0 aliphatic heterocycles. The molecule has 0 spiro atoms. The third kappa shape index (κ3) is 6.28. The van der Waals surface area contributed by atoms with Gasteiger partial charge in [0.2, 0.25) is 0 Å². The Bertz CT molecular complexity index is 2880. The summed E-state index contributed by atoms with van der Waals surface area (Å²) in [7, 11) is 0. The van der Waals surface area contributed by atoms with Crippen molar-refractivity contribution in [2.75, 3.05) is 0 Å². The Morgan fingerprint density at radius 3 is 2.07 bits per heavy atom. The van der Waals surface area contributed by atoms with Crippen LogP contribution in [0.2, 0.25) is 0 Å². The van der Waals surface area contributed by atoms with Crippen LogP contribution in [0.4, 0.5) is 0 Å². The zero-order valence-corrected chi connectivity index (χ0v) is 30.7. The predicted octanol–water partition coefficient (Wildman–Crippen LogP) is 13.3. The molecule has 0 radical (unpaired) electrons. The summed E-state index contributed by atoms with van der Waals surface area (Å²) in [5, 5.41) is 7.63. The second-order valence-corrected chi connectivity index (χ2v) is 14.8. The molecule has 3 nitrogen and oxygen atoms in total. The summed E-state index contributed by atoms with van der Waals surface area (Å²) in [6, 6.07) is 50.1. The fourth-order valence-electron chi connectivity index (χ4n) is 8.29. The highest BCUT2D eigenvalue weighted by Gasteiger charge is 2.23. The summed E-state index contributed by atoms with van der Waals surface area (Å²) in [6.45, 7) is 2.29. The predicted molar refractivity (Wildman–Crippen MR) is 230 cm³/mol. The Kier molecular flexibility index (Phi) is 8.33. The Morgan fingerprint density at radius 1 is 0.545 bits per heavy atom. The minimum Gasteiger partial charge on any atom is -0.264 e. The molecule has 2 aromatic heterocycles. The van der Waals surface area contributed by atoms with Gasteiger partial charge in [0.25, 0.3) is 0 Å². The first-order valence-corrected chi connectivity index (χ1v) is 19.2. The van der Waals surface area contributed by atoms with Gasteiger partial charge >= 0.3 is 0 Å². The zero-order valence-electron chi connectivity index (χ0n) is 30.7. The SMILES string of the molecule is CC1CC=C(c2ccc3ccccc3c2)C=C1c1nc(-c2ccc(-c3cccnc3)cc2)cc(C2C=CC(c3cc4ccccc4c4ccccc34)=CC2)n1. The Labute approximate surface area is 321 Å². The number of rotatable bonds is 6. The third-order valence-electron chi connectivity index (χ3n) is 11.4. The number of allylic oxidation sites excluding steroid dienone is 8. The third-order valence-corrected chi connectivity index (χ3v) is 11.4. The number of pyridine rings is 1. The minimum atomic E-state index is 0.126. The lowest BCUT2D eigenvalue weighted by Gasteiger charge is -2.23. The first-order valence-electron chi connectivity index (χ1n) is 19.2. The lowest BCUT2D eigenvalue weighted by molar-refractivity contribution is 0.742. The van der Waals surface area contributed by atoms with Crippen molar-refractivity contribution in [3.63, 3.8) is 0 Å². The van der Waals surface area contributed by atoms with E-state index in [-0.39, 0.29) is 11.8 Å². The molecular weight excluding hydrogens is 667 g/mol. The van der Waals surface area contributed by atoms with E-state index < -0.39 is 0 Å². The monoisotopic (exact) mass is 705 g/mol. The van der Waals surface area contributed by atoms with Crippen LogP contribution in [-0.4, -0.2) is 15.0 Å². The Morgan fingerprint density at radius 2 is 1.27 bits per heavy atom. The van der Waals surface area contributed by atoms with Crippen LogP contribution >= 0.6 is 0 Å². The van der Waals surface area contributed by atoms with Crippen molar-refractivity contribution in [3.05, 3.63) is 205 Å². The van der Waals surface area contributed by atoms with Gasteiger partial charge in [-0.15, -0.1) is 0 Å². The maximum absolute atomic E-state index is 5.39. The molecule has 2 aliphatic carbocycles. The normalized spacial score (nSPS) is 16.9. The van der Waals surface area contributed by atoms with E-state index >= 15 is 0 Å². The maximum atomic E-state index is 5.39. The van der Waals surface area contributed by atoms with Crippen LogP contribution in [-0.2, 0) is 0 Å². The van der Waals surface area contributed by atoms with E-state index in [0.29, 0.717) is 0 Å². The van der Waals surface area contributed by atoms with Crippen LogP contribution < -0.4 is 0 Å². The van der Waals surface area contributed by atoms with Gasteiger partial charge in [-0.1, -0.05) is 146 Å². The Hall–Kier alpha value is -6.71. The van der Waals surface area contributed by atoms with E-state index in [1.807, 2.05) is 18.5 Å². The van der Waals surface area contributed by atoms with Crippen molar-refractivity contribution in [2.24, 2.45) is 5.92 Å². The molecule has 8 aromatic rings. The summed E-state index contributed by atoms with van der Waals surface area (Å²) < 4.78 is 0. The molecule has 0 bridgehead atoms. The van der Waals surface area contributed by atoms with Gasteiger partial charge in [0.1, 0.15) is 0 Å². The van der Waals surface area contributed by atoms with Crippen LogP contribution in [0, 0.1) is 5.92 Å². The van der Waals surface area contributed by atoms with Gasteiger partial charge in [-0.25, -0.2) is 9.97 Å². The largest absolute Gasteiger partial charge is 0.264 e. The van der Waals surface area contributed by atoms with Crippen LogP contribution in [0.5, 0.6) is 0 Å². The molecule has 10 rings (SSSR count). The number of benzene rings is 6. The summed E-state index contributed by atoms with van der Waals surface area (Å²) in [5.74, 6) is 1.22. The van der Waals surface area contributed by atoms with Gasteiger partial charge < -0.3 is 0 Å². The molecule has 2 aliphatic rings. The number of fused-ring (bicyclic) bond motifs is 4. The van der Waals surface area contributed by atoms with Gasteiger partial charge in [-0.05, 0) is 115 Å². The molecule has 0 fully saturated rings. The molecule has 0 saturated carbocycles. The number of aromatic nitrogens is 3. The highest BCUT2D eigenvalue weighted by molar-refractivity contribution is 6.12. The standard InChI is InChI=1S/C52H39N3/c1-34-16-17-42(41-27-20-35-9-2-3-10-40(35)29-41)30-48(34)52-54-50(38-23-18-36(19-24-38)44-12-8-28-53-33-44)32-51(55-52)39-25-21-37(22-26-39)49-31-43-11-4-5-13-45(43)46-14-6-7-15-47(46)49/h2-15,17-25,27-34,39H,16,26H2,1H3. The summed E-state index contributed by atoms with van der Waals surface area (Å²) in [6.07, 6.45) is 17.3. The fraction of sp³-hybridized carbons (Fsp3) is 0.0962. The second kappa shape index (κ2) is 13.9. The van der Waals surface area contributed by atoms with Crippen molar-refractivity contribution in [1.82, 2.24) is 15.0 Å². The molecule has 2 heterocycles. The van der Waals surface area contributed by atoms with E-state index in [1.165, 1.54) is 60.2 Å². The van der Waals surface area contributed by atoms with E-state index in [1.54, 1.807) is 0 Å². The van der Waals surface area contributed by atoms with Crippen LogP contribution in [0.1, 0.15) is 48.3 Å². The summed E-state index contributed by atoms with van der Waals surface area (Å²) in [4.78, 5) is 15.0. The molecule has 3 heteroatoms. The molecule has 6 aromatic carbocycles. The lowest BCUT2D eigenvalue weighted by atomic mass is 9.85. The van der Waals surface area contributed by atoms with E-state index in [9.17, 15) is 0 Å². The van der Waals surface area contributed by atoms with E-state index in [2.05, 4.69) is 176 Å². The van der Waals surface area contributed by atoms with Gasteiger partial charge in [-0.3, -0.25) is 4.98 Å². The molecule has 2 atom stereocenters. The molecular formula is C52H39N3. The minimum absolute atomic E-state index is 0.126. The lowest BCUT2D eigenvalue weighted by Crippen LogP contribution is -2.11. The average molecular weight is 706 g/mol. The molecule has 0 N–H and O–H groups in total. The van der Waals surface area contributed by atoms with Gasteiger partial charge in [0.05, 0.1) is 11.4 Å². The van der Waals surface area contributed by atoms with E-state index in [4.69, 9.17) is 9.97 Å². The van der Waals surface area contributed by atoms with Crippen molar-refractivity contribution < 1.29 is 0 Å². The second-order valence-electron chi connectivity index (χ2n) is 14.8. The van der Waals surface area contributed by atoms with Crippen molar-refractivity contribution in [3.8, 4) is 22.4 Å². The Balaban J connectivity index is 1.04. The van der Waals surface area contributed by atoms with Gasteiger partial charge in [0.15, 0.2) is 5.82 Å². The maximum Gasteiger partial charge on any atom is 0.156 e. The van der Waals surface area contributed by atoms with Crippen molar-refractivity contribution >= 4 is 49.0 Å². The van der Waals surface area contributed by atoms with Crippen LogP contribution in [0.25, 0.3) is 71.4 Å². The average Bonchev–Trinajstić information content (AvgIpc) is 3.26. The molecule has 2 unspecified atom stereocenters. The van der Waals surface area contributed by atoms with Crippen LogP contribution in [0.15, 0.2) is 182 Å². The first-order chi connectivity index (χ1) is 27.1. The molecule has 262 valence electrons. The smallest absolute Gasteiger partial charge is 0.156 e. The summed E-state index contributed by atoms with van der Waals surface area (Å²) in [5.41, 5.74) is 11.4. The topological polar surface area (TPSA) is 38.7 Å². The summed E-state index contributed by atoms with van der Waals surface area (Å²) >= 11 is 0. The number of hydrogen-bond acceptors (Lipinski definition) is 3.